The van der Waals surface area contributed by atoms with Gasteiger partial charge in [0, 0.05) is 31.1 Å². The van der Waals surface area contributed by atoms with Gasteiger partial charge in [-0.3, -0.25) is 4.79 Å². The molecule has 1 aliphatic rings. The summed E-state index contributed by atoms with van der Waals surface area (Å²) in [5.74, 6) is 0.427. The lowest BCUT2D eigenvalue weighted by atomic mass is 9.70. The SMILES string of the molecule is COc1cc(Br)ncc1NCC1(c2ccccc2C(C)C)CN(CCC(C)(C)C(=O)O)C1. The number of carboxylic acid groups (broad SMARTS) is 1. The van der Waals surface area contributed by atoms with Crippen LogP contribution in [0, 0.1) is 5.41 Å². The molecule has 32 heavy (non-hydrogen) atoms. The number of halogens is 1. The number of benzene rings is 1. The molecule has 1 aliphatic heterocycles. The van der Waals surface area contributed by atoms with Gasteiger partial charge in [0.1, 0.15) is 10.4 Å². The van der Waals surface area contributed by atoms with E-state index in [4.69, 9.17) is 4.74 Å². The standard InChI is InChI=1S/C25H34BrN3O3/c1-17(2)18-8-6-7-9-19(18)25(14-28-20-13-27-22(26)12-21(20)32-5)15-29(16-25)11-10-24(3,4)23(30)31/h6-9,12-13,17,28H,10-11,14-16H2,1-5H3,(H,30,31). The number of nitrogens with one attached hydrogen (secondary N) is 1. The molecule has 2 N–H and O–H groups in total. The van der Waals surface area contributed by atoms with Gasteiger partial charge in [0.25, 0.3) is 0 Å². The molecule has 2 aromatic rings. The van der Waals surface area contributed by atoms with Crippen LogP contribution in [-0.2, 0) is 10.2 Å². The Hall–Kier alpha value is -2.12. The minimum absolute atomic E-state index is 0.0632. The lowest BCUT2D eigenvalue weighted by Gasteiger charge is -2.52. The molecule has 0 aliphatic carbocycles. The molecule has 174 valence electrons. The molecule has 1 saturated heterocycles. The van der Waals surface area contributed by atoms with E-state index < -0.39 is 11.4 Å². The van der Waals surface area contributed by atoms with E-state index in [1.54, 1.807) is 27.2 Å². The third-order valence-electron chi connectivity index (χ3n) is 6.51. The molecular formula is C25H34BrN3O3. The van der Waals surface area contributed by atoms with Crippen molar-refractivity contribution in [1.29, 1.82) is 0 Å². The van der Waals surface area contributed by atoms with Crippen molar-refractivity contribution in [3.05, 3.63) is 52.3 Å². The molecule has 0 radical (unpaired) electrons. The number of rotatable bonds is 10. The molecule has 1 fully saturated rings. The third-order valence-corrected chi connectivity index (χ3v) is 6.94. The first-order valence-corrected chi connectivity index (χ1v) is 11.9. The molecule has 0 saturated carbocycles. The maximum atomic E-state index is 11.5. The Kier molecular flexibility index (Phi) is 7.50. The van der Waals surface area contributed by atoms with Gasteiger partial charge < -0.3 is 20.1 Å². The minimum Gasteiger partial charge on any atom is -0.494 e. The fraction of sp³-hybridized carbons (Fsp3) is 0.520. The molecule has 3 rings (SSSR count). The van der Waals surface area contributed by atoms with Gasteiger partial charge in [0.15, 0.2) is 0 Å². The first-order chi connectivity index (χ1) is 15.1. The van der Waals surface area contributed by atoms with E-state index in [0.717, 1.165) is 42.2 Å². The Morgan fingerprint density at radius 3 is 2.66 bits per heavy atom. The van der Waals surface area contributed by atoms with Gasteiger partial charge >= 0.3 is 5.97 Å². The first-order valence-electron chi connectivity index (χ1n) is 11.1. The van der Waals surface area contributed by atoms with Crippen molar-refractivity contribution < 1.29 is 14.6 Å². The second kappa shape index (κ2) is 9.79. The Morgan fingerprint density at radius 2 is 2.03 bits per heavy atom. The summed E-state index contributed by atoms with van der Waals surface area (Å²) < 4.78 is 6.26. The van der Waals surface area contributed by atoms with Gasteiger partial charge in [0.2, 0.25) is 0 Å². The van der Waals surface area contributed by atoms with Gasteiger partial charge in [-0.1, -0.05) is 38.1 Å². The van der Waals surface area contributed by atoms with Crippen molar-refractivity contribution in [3.8, 4) is 5.75 Å². The van der Waals surface area contributed by atoms with Crippen molar-refractivity contribution in [2.75, 3.05) is 38.6 Å². The maximum absolute atomic E-state index is 11.5. The number of methoxy groups -OCH3 is 1. The van der Waals surface area contributed by atoms with Crippen LogP contribution < -0.4 is 10.1 Å². The quantitative estimate of drug-likeness (QED) is 0.437. The van der Waals surface area contributed by atoms with Crippen molar-refractivity contribution in [1.82, 2.24) is 9.88 Å². The van der Waals surface area contributed by atoms with E-state index >= 15 is 0 Å². The van der Waals surface area contributed by atoms with Crippen LogP contribution in [-0.4, -0.2) is 54.2 Å². The van der Waals surface area contributed by atoms with E-state index in [-0.39, 0.29) is 5.41 Å². The fourth-order valence-corrected chi connectivity index (χ4v) is 4.66. The predicted molar refractivity (Wildman–Crippen MR) is 132 cm³/mol. The van der Waals surface area contributed by atoms with Crippen molar-refractivity contribution in [2.24, 2.45) is 5.41 Å². The summed E-state index contributed by atoms with van der Waals surface area (Å²) in [4.78, 5) is 18.2. The zero-order chi connectivity index (χ0) is 23.5. The monoisotopic (exact) mass is 503 g/mol. The highest BCUT2D eigenvalue weighted by Gasteiger charge is 2.46. The number of hydrogen-bond acceptors (Lipinski definition) is 5. The second-order valence-corrected chi connectivity index (χ2v) is 10.5. The van der Waals surface area contributed by atoms with Crippen LogP contribution in [0.3, 0.4) is 0 Å². The van der Waals surface area contributed by atoms with Crippen LogP contribution in [0.2, 0.25) is 0 Å². The van der Waals surface area contributed by atoms with Crippen molar-refractivity contribution >= 4 is 27.6 Å². The van der Waals surface area contributed by atoms with Gasteiger partial charge in [0.05, 0.1) is 24.4 Å². The van der Waals surface area contributed by atoms with Crippen LogP contribution in [0.25, 0.3) is 0 Å². The lowest BCUT2D eigenvalue weighted by molar-refractivity contribution is -0.147. The van der Waals surface area contributed by atoms with E-state index in [1.807, 2.05) is 6.07 Å². The second-order valence-electron chi connectivity index (χ2n) is 9.73. The number of likely N-dealkylation sites (tertiary alicyclic amines) is 1. The summed E-state index contributed by atoms with van der Waals surface area (Å²) in [5.41, 5.74) is 2.80. The molecule has 0 amide bonds. The zero-order valence-electron chi connectivity index (χ0n) is 19.6. The van der Waals surface area contributed by atoms with Gasteiger partial charge in [-0.05, 0) is 59.8 Å². The van der Waals surface area contributed by atoms with Crippen molar-refractivity contribution in [2.45, 2.75) is 45.4 Å². The third kappa shape index (κ3) is 5.26. The van der Waals surface area contributed by atoms with Crippen LogP contribution in [0.1, 0.15) is 51.2 Å². The molecule has 7 heteroatoms. The summed E-state index contributed by atoms with van der Waals surface area (Å²) in [6, 6.07) is 10.5. The van der Waals surface area contributed by atoms with E-state index in [2.05, 4.69) is 69.2 Å². The van der Waals surface area contributed by atoms with Crippen molar-refractivity contribution in [3.63, 3.8) is 0 Å². The van der Waals surface area contributed by atoms with E-state index in [9.17, 15) is 9.90 Å². The number of aliphatic carboxylic acids is 1. The highest BCUT2D eigenvalue weighted by molar-refractivity contribution is 9.10. The molecule has 6 nitrogen and oxygen atoms in total. The normalized spacial score (nSPS) is 16.0. The predicted octanol–water partition coefficient (Wildman–Crippen LogP) is 5.14. The van der Waals surface area contributed by atoms with Crippen LogP contribution in [0.15, 0.2) is 41.1 Å². The summed E-state index contributed by atoms with van der Waals surface area (Å²) in [7, 11) is 1.66. The number of pyridine rings is 1. The van der Waals surface area contributed by atoms with E-state index in [0.29, 0.717) is 12.3 Å². The summed E-state index contributed by atoms with van der Waals surface area (Å²) in [5, 5.41) is 13.0. The number of hydrogen-bond donors (Lipinski definition) is 2. The Bertz CT molecular complexity index is 955. The molecule has 1 aromatic heterocycles. The van der Waals surface area contributed by atoms with Gasteiger partial charge in [-0.2, -0.15) is 0 Å². The number of carboxylic acids is 1. The maximum Gasteiger partial charge on any atom is 0.309 e. The van der Waals surface area contributed by atoms with Crippen LogP contribution in [0.5, 0.6) is 5.75 Å². The molecule has 0 atom stereocenters. The van der Waals surface area contributed by atoms with Gasteiger partial charge in [-0.25, -0.2) is 4.98 Å². The van der Waals surface area contributed by atoms with E-state index in [1.165, 1.54) is 11.1 Å². The smallest absolute Gasteiger partial charge is 0.309 e. The summed E-state index contributed by atoms with van der Waals surface area (Å²) in [6.45, 7) is 11.3. The molecule has 0 spiro atoms. The summed E-state index contributed by atoms with van der Waals surface area (Å²) in [6.07, 6.45) is 2.42. The average Bonchev–Trinajstić information content (AvgIpc) is 2.73. The number of carbonyl (C=O) groups is 1. The molecule has 2 heterocycles. The number of nitrogens with zero attached hydrogens (tertiary/aromatic N) is 2. The highest BCUT2D eigenvalue weighted by atomic mass is 79.9. The average molecular weight is 504 g/mol. The van der Waals surface area contributed by atoms with Crippen LogP contribution >= 0.6 is 15.9 Å². The first kappa shape index (κ1) is 24.5. The minimum atomic E-state index is -0.744. The Labute approximate surface area is 199 Å². The molecule has 1 aromatic carbocycles. The lowest BCUT2D eigenvalue weighted by Crippen LogP contribution is -2.63. The highest BCUT2D eigenvalue weighted by Crippen LogP contribution is 2.40. The fourth-order valence-electron chi connectivity index (χ4n) is 4.35. The van der Waals surface area contributed by atoms with Gasteiger partial charge in [-0.15, -0.1) is 0 Å². The molecular weight excluding hydrogens is 470 g/mol. The Morgan fingerprint density at radius 1 is 1.34 bits per heavy atom. The summed E-state index contributed by atoms with van der Waals surface area (Å²) >= 11 is 3.40. The number of anilines is 1. The zero-order valence-corrected chi connectivity index (χ0v) is 21.2. The molecule has 0 bridgehead atoms. The molecule has 0 unspecified atom stereocenters. The number of ether oxygens (including phenoxy) is 1. The number of aromatic nitrogens is 1. The van der Waals surface area contributed by atoms with Crippen LogP contribution in [0.4, 0.5) is 5.69 Å². The topological polar surface area (TPSA) is 74.7 Å². The largest absolute Gasteiger partial charge is 0.494 e. The Balaban J connectivity index is 1.82.